The van der Waals surface area contributed by atoms with Crippen LogP contribution in [0.1, 0.15) is 27.3 Å². The van der Waals surface area contributed by atoms with E-state index in [1.807, 2.05) is 44.2 Å². The van der Waals surface area contributed by atoms with Crippen LogP contribution in [0.25, 0.3) is 5.69 Å². The minimum absolute atomic E-state index is 0.341. The molecule has 1 heterocycles. The lowest BCUT2D eigenvalue weighted by molar-refractivity contribution is 0.0955. The number of para-hydroxylation sites is 1. The van der Waals surface area contributed by atoms with E-state index in [0.29, 0.717) is 10.6 Å². The molecule has 0 radical (unpaired) electrons. The molecule has 0 aliphatic heterocycles. The van der Waals surface area contributed by atoms with E-state index < -0.39 is 0 Å². The SMILES string of the molecule is Cc1cc(/C=N\NC(=O)c2ccccc2Cl)c(C)n1-c1ccccc1Br. The quantitative estimate of drug-likeness (QED) is 0.444. The van der Waals surface area contributed by atoms with Crippen molar-refractivity contribution in [3.8, 4) is 5.69 Å². The molecule has 0 fully saturated rings. The number of nitrogens with zero attached hydrogens (tertiary/aromatic N) is 2. The molecule has 1 amide bonds. The maximum absolute atomic E-state index is 12.2. The topological polar surface area (TPSA) is 46.4 Å². The largest absolute Gasteiger partial charge is 0.317 e. The molecule has 0 bridgehead atoms. The van der Waals surface area contributed by atoms with Crippen LogP contribution in [0, 0.1) is 13.8 Å². The molecule has 0 atom stereocenters. The molecule has 6 heteroatoms. The van der Waals surface area contributed by atoms with E-state index in [1.165, 1.54) is 0 Å². The predicted molar refractivity (Wildman–Crippen MR) is 109 cm³/mol. The smallest absolute Gasteiger partial charge is 0.272 e. The molecular formula is C20H17BrClN3O. The first kappa shape index (κ1) is 18.4. The van der Waals surface area contributed by atoms with Crippen molar-refractivity contribution in [2.75, 3.05) is 0 Å². The number of amides is 1. The molecule has 2 aromatic carbocycles. The van der Waals surface area contributed by atoms with Crippen LogP contribution in [0.3, 0.4) is 0 Å². The minimum atomic E-state index is -0.341. The summed E-state index contributed by atoms with van der Waals surface area (Å²) in [5.41, 5.74) is 7.01. The fraction of sp³-hybridized carbons (Fsp3) is 0.100. The average molecular weight is 431 g/mol. The van der Waals surface area contributed by atoms with E-state index >= 15 is 0 Å². The summed E-state index contributed by atoms with van der Waals surface area (Å²) in [5.74, 6) is -0.341. The molecule has 3 rings (SSSR count). The third-order valence-corrected chi connectivity index (χ3v) is 5.05. The zero-order valence-corrected chi connectivity index (χ0v) is 16.7. The van der Waals surface area contributed by atoms with E-state index in [1.54, 1.807) is 30.5 Å². The summed E-state index contributed by atoms with van der Waals surface area (Å²) in [7, 11) is 0. The van der Waals surface area contributed by atoms with E-state index in [9.17, 15) is 4.79 Å². The first-order valence-corrected chi connectivity index (χ1v) is 9.18. The highest BCUT2D eigenvalue weighted by atomic mass is 79.9. The number of rotatable bonds is 4. The lowest BCUT2D eigenvalue weighted by Gasteiger charge is -2.11. The van der Waals surface area contributed by atoms with Gasteiger partial charge in [0.05, 0.1) is 22.5 Å². The van der Waals surface area contributed by atoms with E-state index in [-0.39, 0.29) is 5.91 Å². The zero-order chi connectivity index (χ0) is 18.7. The summed E-state index contributed by atoms with van der Waals surface area (Å²) in [6.07, 6.45) is 1.64. The summed E-state index contributed by atoms with van der Waals surface area (Å²) in [6, 6.07) is 16.9. The van der Waals surface area contributed by atoms with Crippen molar-refractivity contribution in [3.63, 3.8) is 0 Å². The zero-order valence-electron chi connectivity index (χ0n) is 14.3. The highest BCUT2D eigenvalue weighted by molar-refractivity contribution is 9.10. The van der Waals surface area contributed by atoms with Gasteiger partial charge in [0.1, 0.15) is 0 Å². The molecule has 0 spiro atoms. The summed E-state index contributed by atoms with van der Waals surface area (Å²) < 4.78 is 3.15. The van der Waals surface area contributed by atoms with E-state index in [2.05, 4.69) is 31.0 Å². The Kier molecular flexibility index (Phi) is 5.59. The van der Waals surface area contributed by atoms with Gasteiger partial charge in [-0.1, -0.05) is 35.9 Å². The Morgan fingerprint density at radius 1 is 1.15 bits per heavy atom. The summed E-state index contributed by atoms with van der Waals surface area (Å²) in [5, 5.41) is 4.48. The molecule has 4 nitrogen and oxygen atoms in total. The molecule has 132 valence electrons. The van der Waals surface area contributed by atoms with Gasteiger partial charge >= 0.3 is 0 Å². The normalized spacial score (nSPS) is 11.1. The third kappa shape index (κ3) is 3.74. The average Bonchev–Trinajstić information content (AvgIpc) is 2.90. The lowest BCUT2D eigenvalue weighted by Crippen LogP contribution is -2.18. The maximum atomic E-state index is 12.2. The Balaban J connectivity index is 1.82. The fourth-order valence-electron chi connectivity index (χ4n) is 2.79. The number of halogens is 2. The number of carbonyl (C=O) groups excluding carboxylic acids is 1. The van der Waals surface area contributed by atoms with Crippen molar-refractivity contribution >= 4 is 39.7 Å². The van der Waals surface area contributed by atoms with Crippen LogP contribution in [0.15, 0.2) is 64.2 Å². The first-order chi connectivity index (χ1) is 12.5. The van der Waals surface area contributed by atoms with Crippen LogP contribution < -0.4 is 5.43 Å². The molecule has 0 saturated carbocycles. The van der Waals surface area contributed by atoms with Crippen LogP contribution in [0.2, 0.25) is 5.02 Å². The van der Waals surface area contributed by atoms with Gasteiger partial charge in [-0.15, -0.1) is 0 Å². The first-order valence-electron chi connectivity index (χ1n) is 8.01. The standard InChI is InChI=1S/C20H17BrClN3O/c1-13-11-15(14(2)25(13)19-10-6-4-8-17(19)21)12-23-24-20(26)16-7-3-5-9-18(16)22/h3-12H,1-2H3,(H,24,26)/b23-12-. The van der Waals surface area contributed by atoms with Gasteiger partial charge in [-0.3, -0.25) is 4.79 Å². The van der Waals surface area contributed by atoms with Crippen LogP contribution in [0.4, 0.5) is 0 Å². The van der Waals surface area contributed by atoms with Gasteiger partial charge in [-0.25, -0.2) is 5.43 Å². The number of hydrogen-bond acceptors (Lipinski definition) is 2. The number of hydrazone groups is 1. The van der Waals surface area contributed by atoms with Gasteiger partial charge in [0.2, 0.25) is 0 Å². The summed E-state index contributed by atoms with van der Waals surface area (Å²) in [6.45, 7) is 4.05. The van der Waals surface area contributed by atoms with Crippen molar-refractivity contribution in [1.82, 2.24) is 9.99 Å². The minimum Gasteiger partial charge on any atom is -0.317 e. The number of aromatic nitrogens is 1. The Morgan fingerprint density at radius 3 is 2.58 bits per heavy atom. The van der Waals surface area contributed by atoms with Crippen molar-refractivity contribution in [2.24, 2.45) is 5.10 Å². The highest BCUT2D eigenvalue weighted by Gasteiger charge is 2.12. The fourth-order valence-corrected chi connectivity index (χ4v) is 3.47. The summed E-state index contributed by atoms with van der Waals surface area (Å²) >= 11 is 9.62. The van der Waals surface area contributed by atoms with Crippen molar-refractivity contribution in [3.05, 3.63) is 86.6 Å². The Morgan fingerprint density at radius 2 is 1.85 bits per heavy atom. The van der Waals surface area contributed by atoms with Crippen LogP contribution in [0.5, 0.6) is 0 Å². The summed E-state index contributed by atoms with van der Waals surface area (Å²) in [4.78, 5) is 12.2. The number of carbonyl (C=O) groups is 1. The third-order valence-electron chi connectivity index (χ3n) is 4.05. The molecule has 1 N–H and O–H groups in total. The van der Waals surface area contributed by atoms with Gasteiger partial charge < -0.3 is 4.57 Å². The molecule has 3 aromatic rings. The van der Waals surface area contributed by atoms with Crippen molar-refractivity contribution in [1.29, 1.82) is 0 Å². The second-order valence-electron chi connectivity index (χ2n) is 5.79. The van der Waals surface area contributed by atoms with Gasteiger partial charge in [0, 0.05) is 21.4 Å². The second kappa shape index (κ2) is 7.89. The Labute approximate surface area is 165 Å². The predicted octanol–water partition coefficient (Wildman–Crippen LogP) is 5.27. The van der Waals surface area contributed by atoms with E-state index in [4.69, 9.17) is 11.6 Å². The number of nitrogens with one attached hydrogen (secondary N) is 1. The van der Waals surface area contributed by atoms with Crippen molar-refractivity contribution in [2.45, 2.75) is 13.8 Å². The highest BCUT2D eigenvalue weighted by Crippen LogP contribution is 2.26. The van der Waals surface area contributed by atoms with Gasteiger partial charge in [0.15, 0.2) is 0 Å². The van der Waals surface area contributed by atoms with Crippen molar-refractivity contribution < 1.29 is 4.79 Å². The van der Waals surface area contributed by atoms with E-state index in [0.717, 1.165) is 27.1 Å². The molecule has 0 aliphatic carbocycles. The molecule has 26 heavy (non-hydrogen) atoms. The molecule has 0 unspecified atom stereocenters. The molecule has 1 aromatic heterocycles. The van der Waals surface area contributed by atoms with Crippen LogP contribution in [-0.2, 0) is 0 Å². The monoisotopic (exact) mass is 429 g/mol. The van der Waals surface area contributed by atoms with Crippen LogP contribution >= 0.6 is 27.5 Å². The maximum Gasteiger partial charge on any atom is 0.272 e. The molecular weight excluding hydrogens is 414 g/mol. The Bertz CT molecular complexity index is 994. The van der Waals surface area contributed by atoms with Gasteiger partial charge in [0.25, 0.3) is 5.91 Å². The molecule has 0 aliphatic rings. The molecule has 0 saturated heterocycles. The van der Waals surface area contributed by atoms with Crippen LogP contribution in [-0.4, -0.2) is 16.7 Å². The lowest BCUT2D eigenvalue weighted by atomic mass is 10.2. The number of benzene rings is 2. The van der Waals surface area contributed by atoms with Gasteiger partial charge in [-0.2, -0.15) is 5.10 Å². The second-order valence-corrected chi connectivity index (χ2v) is 7.05. The Hall–Kier alpha value is -2.37. The number of aryl methyl sites for hydroxylation is 1. The van der Waals surface area contributed by atoms with Gasteiger partial charge in [-0.05, 0) is 60.1 Å². The number of hydrogen-bond donors (Lipinski definition) is 1.